The number of aromatic nitrogens is 1. The molecule has 3 aromatic carbocycles. The number of carbonyl (C=O) groups excluding carboxylic acids is 2. The molecule has 0 fully saturated rings. The molecule has 0 aliphatic heterocycles. The highest BCUT2D eigenvalue weighted by atomic mass is 32.1. The van der Waals surface area contributed by atoms with E-state index < -0.39 is 0 Å². The first-order chi connectivity index (χ1) is 15.1. The number of hydrogen-bond acceptors (Lipinski definition) is 5. The van der Waals surface area contributed by atoms with E-state index in [4.69, 9.17) is 5.26 Å². The molecular weight excluding hydrogens is 408 g/mol. The van der Waals surface area contributed by atoms with E-state index >= 15 is 0 Å². The number of rotatable bonds is 5. The predicted molar refractivity (Wildman–Crippen MR) is 121 cm³/mol. The summed E-state index contributed by atoms with van der Waals surface area (Å²) < 4.78 is 0. The molecule has 1 heterocycles. The van der Waals surface area contributed by atoms with Gasteiger partial charge in [0.05, 0.1) is 17.3 Å². The summed E-state index contributed by atoms with van der Waals surface area (Å²) in [6.45, 7) is 0. The lowest BCUT2D eigenvalue weighted by Crippen LogP contribution is -2.11. The minimum absolute atomic E-state index is 0.171. The minimum Gasteiger partial charge on any atom is -0.322 e. The van der Waals surface area contributed by atoms with Gasteiger partial charge in [-0.3, -0.25) is 14.9 Å². The van der Waals surface area contributed by atoms with Crippen molar-refractivity contribution in [2.45, 2.75) is 0 Å². The Morgan fingerprint density at radius 3 is 2.13 bits per heavy atom. The van der Waals surface area contributed by atoms with Crippen LogP contribution in [0.2, 0.25) is 0 Å². The molecule has 7 heteroatoms. The molecule has 0 radical (unpaired) electrons. The molecule has 4 rings (SSSR count). The summed E-state index contributed by atoms with van der Waals surface area (Å²) in [5, 5.41) is 16.8. The van der Waals surface area contributed by atoms with Crippen molar-refractivity contribution in [3.05, 3.63) is 101 Å². The van der Waals surface area contributed by atoms with Gasteiger partial charge < -0.3 is 5.32 Å². The quantitative estimate of drug-likeness (QED) is 0.461. The summed E-state index contributed by atoms with van der Waals surface area (Å²) in [7, 11) is 0. The monoisotopic (exact) mass is 424 g/mol. The van der Waals surface area contributed by atoms with Crippen LogP contribution in [0.3, 0.4) is 0 Å². The van der Waals surface area contributed by atoms with Crippen LogP contribution in [-0.2, 0) is 0 Å². The van der Waals surface area contributed by atoms with E-state index in [2.05, 4.69) is 15.6 Å². The lowest BCUT2D eigenvalue weighted by molar-refractivity contribution is 0.101. The van der Waals surface area contributed by atoms with E-state index in [0.717, 1.165) is 11.3 Å². The van der Waals surface area contributed by atoms with Gasteiger partial charge in [-0.05, 0) is 48.5 Å². The number of nitrogens with zero attached hydrogens (tertiary/aromatic N) is 2. The fourth-order valence-corrected chi connectivity index (χ4v) is 3.56. The Morgan fingerprint density at radius 2 is 1.45 bits per heavy atom. The summed E-state index contributed by atoms with van der Waals surface area (Å²) in [6.07, 6.45) is 0. The van der Waals surface area contributed by atoms with Crippen LogP contribution in [0, 0.1) is 11.3 Å². The molecule has 0 spiro atoms. The smallest absolute Gasteiger partial charge is 0.257 e. The first kappa shape index (κ1) is 20.0. The number of benzene rings is 3. The number of thiazole rings is 1. The minimum atomic E-state index is -0.288. The largest absolute Gasteiger partial charge is 0.322 e. The average Bonchev–Trinajstić information content (AvgIpc) is 3.28. The van der Waals surface area contributed by atoms with Gasteiger partial charge in [-0.2, -0.15) is 5.26 Å². The van der Waals surface area contributed by atoms with Gasteiger partial charge in [0.1, 0.15) is 0 Å². The molecule has 0 aliphatic carbocycles. The maximum absolute atomic E-state index is 12.4. The van der Waals surface area contributed by atoms with Gasteiger partial charge in [0.25, 0.3) is 11.8 Å². The second kappa shape index (κ2) is 9.03. The zero-order chi connectivity index (χ0) is 21.6. The lowest BCUT2D eigenvalue weighted by atomic mass is 10.1. The van der Waals surface area contributed by atoms with Crippen molar-refractivity contribution in [2.75, 3.05) is 10.6 Å². The number of anilines is 2. The van der Waals surface area contributed by atoms with E-state index in [1.165, 1.54) is 11.3 Å². The maximum Gasteiger partial charge on any atom is 0.257 e. The van der Waals surface area contributed by atoms with Crippen LogP contribution in [0.5, 0.6) is 0 Å². The Labute approximate surface area is 182 Å². The van der Waals surface area contributed by atoms with Gasteiger partial charge in [0.2, 0.25) is 0 Å². The molecule has 31 heavy (non-hydrogen) atoms. The molecule has 4 aromatic rings. The first-order valence-corrected chi connectivity index (χ1v) is 10.2. The Kier molecular flexibility index (Phi) is 5.83. The highest BCUT2D eigenvalue weighted by Crippen LogP contribution is 2.26. The van der Waals surface area contributed by atoms with Gasteiger partial charge >= 0.3 is 0 Å². The van der Waals surface area contributed by atoms with Gasteiger partial charge in [-0.15, -0.1) is 11.3 Å². The summed E-state index contributed by atoms with van der Waals surface area (Å²) in [5.41, 5.74) is 3.82. The molecule has 0 atom stereocenters. The number of amides is 2. The van der Waals surface area contributed by atoms with E-state index in [9.17, 15) is 9.59 Å². The van der Waals surface area contributed by atoms with Crippen molar-refractivity contribution in [3.63, 3.8) is 0 Å². The average molecular weight is 424 g/mol. The number of carbonyl (C=O) groups is 2. The van der Waals surface area contributed by atoms with E-state index in [1.807, 2.05) is 53.9 Å². The molecule has 0 saturated heterocycles. The molecule has 0 aliphatic rings. The lowest BCUT2D eigenvalue weighted by Gasteiger charge is -2.06. The molecule has 0 bridgehead atoms. The highest BCUT2D eigenvalue weighted by Gasteiger charge is 2.11. The Morgan fingerprint density at radius 1 is 0.806 bits per heavy atom. The van der Waals surface area contributed by atoms with Crippen LogP contribution in [0.4, 0.5) is 10.8 Å². The normalized spacial score (nSPS) is 10.2. The molecular formula is C24H16N4O2S. The van der Waals surface area contributed by atoms with Crippen LogP contribution in [-0.4, -0.2) is 16.8 Å². The molecule has 0 saturated carbocycles. The molecule has 6 nitrogen and oxygen atoms in total. The fourth-order valence-electron chi connectivity index (χ4n) is 2.85. The molecule has 1 aromatic heterocycles. The van der Waals surface area contributed by atoms with Crippen molar-refractivity contribution in [1.29, 1.82) is 5.26 Å². The van der Waals surface area contributed by atoms with Crippen molar-refractivity contribution in [1.82, 2.24) is 4.98 Å². The van der Waals surface area contributed by atoms with E-state index in [1.54, 1.807) is 36.4 Å². The molecule has 150 valence electrons. The second-order valence-corrected chi connectivity index (χ2v) is 7.44. The summed E-state index contributed by atoms with van der Waals surface area (Å²) in [6, 6.07) is 24.8. The van der Waals surface area contributed by atoms with Crippen molar-refractivity contribution < 1.29 is 9.59 Å². The summed E-state index contributed by atoms with van der Waals surface area (Å²) in [5.74, 6) is -0.459. The number of nitriles is 1. The van der Waals surface area contributed by atoms with Crippen LogP contribution in [0.1, 0.15) is 26.3 Å². The number of hydrogen-bond donors (Lipinski definition) is 2. The topological polar surface area (TPSA) is 94.9 Å². The Hall–Kier alpha value is -4.28. The molecule has 2 N–H and O–H groups in total. The van der Waals surface area contributed by atoms with Gasteiger partial charge in [0.15, 0.2) is 5.13 Å². The summed E-state index contributed by atoms with van der Waals surface area (Å²) in [4.78, 5) is 29.1. The third-order valence-corrected chi connectivity index (χ3v) is 5.23. The fraction of sp³-hybridized carbons (Fsp3) is 0. The van der Waals surface area contributed by atoms with Crippen LogP contribution < -0.4 is 10.6 Å². The van der Waals surface area contributed by atoms with Crippen LogP contribution >= 0.6 is 11.3 Å². The number of nitrogens with one attached hydrogen (secondary N) is 2. The zero-order valence-electron chi connectivity index (χ0n) is 16.2. The van der Waals surface area contributed by atoms with Crippen molar-refractivity contribution in [3.8, 4) is 17.3 Å². The van der Waals surface area contributed by atoms with E-state index in [-0.39, 0.29) is 11.8 Å². The predicted octanol–water partition coefficient (Wildman–Crippen LogP) is 5.19. The van der Waals surface area contributed by atoms with E-state index in [0.29, 0.717) is 27.5 Å². The maximum atomic E-state index is 12.4. The Bertz CT molecular complexity index is 1260. The van der Waals surface area contributed by atoms with Crippen molar-refractivity contribution >= 4 is 34.0 Å². The second-order valence-electron chi connectivity index (χ2n) is 6.58. The first-order valence-electron chi connectivity index (χ1n) is 9.36. The molecule has 0 unspecified atom stereocenters. The van der Waals surface area contributed by atoms with Crippen LogP contribution in [0.15, 0.2) is 84.2 Å². The third-order valence-electron chi connectivity index (χ3n) is 4.48. The SMILES string of the molecule is N#Cc1ccc(C(=O)Nc2nc(-c3ccc(NC(=O)c4ccccc4)cc3)cs2)cc1. The third kappa shape index (κ3) is 4.83. The van der Waals surface area contributed by atoms with Gasteiger partial charge in [0, 0.05) is 27.8 Å². The zero-order valence-corrected chi connectivity index (χ0v) is 17.0. The summed E-state index contributed by atoms with van der Waals surface area (Å²) >= 11 is 1.32. The Balaban J connectivity index is 1.41. The van der Waals surface area contributed by atoms with Gasteiger partial charge in [-0.25, -0.2) is 4.98 Å². The van der Waals surface area contributed by atoms with Crippen molar-refractivity contribution in [2.24, 2.45) is 0 Å². The van der Waals surface area contributed by atoms with Gasteiger partial charge in [-0.1, -0.05) is 30.3 Å². The molecule has 2 amide bonds. The van der Waals surface area contributed by atoms with Crippen LogP contribution in [0.25, 0.3) is 11.3 Å². The highest BCUT2D eigenvalue weighted by molar-refractivity contribution is 7.14. The standard InChI is InChI=1S/C24H16N4O2S/c25-14-16-6-8-19(9-7-16)23(30)28-24-27-21(15-31-24)17-10-12-20(13-11-17)26-22(29)18-4-2-1-3-5-18/h1-13,15H,(H,26,29)(H,27,28,30).